The van der Waals surface area contributed by atoms with E-state index < -0.39 is 18.1 Å². The quantitative estimate of drug-likeness (QED) is 0.0260. The summed E-state index contributed by atoms with van der Waals surface area (Å²) in [6, 6.07) is -0.742. The summed E-state index contributed by atoms with van der Waals surface area (Å²) in [6.45, 7) is 4.45. The van der Waals surface area contributed by atoms with E-state index in [1.54, 1.807) is 21.1 Å². The summed E-state index contributed by atoms with van der Waals surface area (Å²) in [7, 11) is 5.38. The van der Waals surface area contributed by atoms with Crippen LogP contribution >= 0.6 is 0 Å². The van der Waals surface area contributed by atoms with Crippen LogP contribution in [0.2, 0.25) is 0 Å². The first kappa shape index (κ1) is 59.2. The normalized spacial score (nSPS) is 13.7. The summed E-state index contributed by atoms with van der Waals surface area (Å²) in [5.74, 6) is -1.83. The maximum atomic E-state index is 12.7. The van der Waals surface area contributed by atoms with Crippen molar-refractivity contribution in [2.75, 3.05) is 41.0 Å². The number of likely N-dealkylation sites (N-methyl/N-ethyl adjacent to an activating group) is 1. The molecule has 0 saturated heterocycles. The van der Waals surface area contributed by atoms with Gasteiger partial charge in [0.25, 0.3) is 0 Å². The second-order valence-electron chi connectivity index (χ2n) is 17.3. The van der Waals surface area contributed by atoms with E-state index in [1.807, 2.05) is 0 Å². The summed E-state index contributed by atoms with van der Waals surface area (Å²) in [4.78, 5) is 37.0. The highest BCUT2D eigenvalue weighted by Crippen LogP contribution is 2.13. The van der Waals surface area contributed by atoms with Gasteiger partial charge in [-0.25, -0.2) is 0 Å². The van der Waals surface area contributed by atoms with E-state index in [4.69, 9.17) is 14.2 Å². The number of nitrogens with zero attached hydrogens (tertiary/aromatic N) is 1. The number of carbonyl (C=O) groups excluding carboxylic acids is 3. The van der Waals surface area contributed by atoms with Crippen molar-refractivity contribution >= 4 is 17.9 Å². The molecule has 0 heterocycles. The third-order valence-electron chi connectivity index (χ3n) is 10.5. The minimum Gasteiger partial charge on any atom is -0.544 e. The van der Waals surface area contributed by atoms with Crippen LogP contribution in [0.3, 0.4) is 0 Å². The molecule has 0 bridgehead atoms. The van der Waals surface area contributed by atoms with Crippen molar-refractivity contribution in [1.82, 2.24) is 0 Å². The molecule has 0 aromatic heterocycles. The summed E-state index contributed by atoms with van der Waals surface area (Å²) in [5.41, 5.74) is 0. The SMILES string of the molecule is CC/C=C/C/C=C/C/C=C/C/C=C/CCCCCCCCCCCC(=O)OCC(COCCC(C(=O)[O-])[N+](C)(C)C)OC(=O)CCC/C=C/C/C=C/C/C=C/C/C=C/CCCCC. The van der Waals surface area contributed by atoms with Gasteiger partial charge in [-0.05, 0) is 89.9 Å². The van der Waals surface area contributed by atoms with Gasteiger partial charge in [-0.2, -0.15) is 0 Å². The van der Waals surface area contributed by atoms with E-state index in [0.29, 0.717) is 12.8 Å². The smallest absolute Gasteiger partial charge is 0.306 e. The zero-order chi connectivity index (χ0) is 46.3. The third-order valence-corrected chi connectivity index (χ3v) is 10.5. The summed E-state index contributed by atoms with van der Waals surface area (Å²) < 4.78 is 17.2. The molecule has 0 aliphatic rings. The van der Waals surface area contributed by atoms with Gasteiger partial charge in [0.2, 0.25) is 0 Å². The minimum atomic E-state index is -1.14. The predicted octanol–water partition coefficient (Wildman–Crippen LogP) is 12.9. The number of rotatable bonds is 43. The Morgan fingerprint density at radius 3 is 1.37 bits per heavy atom. The lowest BCUT2D eigenvalue weighted by molar-refractivity contribution is -0.889. The maximum absolute atomic E-state index is 12.7. The first-order chi connectivity index (χ1) is 30.6. The number of quaternary nitrogens is 1. The fourth-order valence-corrected chi connectivity index (χ4v) is 6.64. The molecule has 0 aromatic carbocycles. The molecule has 0 rings (SSSR count). The fourth-order valence-electron chi connectivity index (χ4n) is 6.64. The van der Waals surface area contributed by atoms with Crippen molar-refractivity contribution in [2.45, 2.75) is 193 Å². The topological polar surface area (TPSA) is 102 Å². The van der Waals surface area contributed by atoms with Gasteiger partial charge in [0.15, 0.2) is 6.10 Å². The second kappa shape index (κ2) is 44.8. The number of ether oxygens (including phenoxy) is 3. The number of aliphatic carboxylic acids is 1. The van der Waals surface area contributed by atoms with E-state index in [2.05, 4.69) is 111 Å². The Bertz CT molecular complexity index is 1350. The molecule has 0 aromatic rings. The summed E-state index contributed by atoms with van der Waals surface area (Å²) in [5, 5.41) is 11.7. The lowest BCUT2D eigenvalue weighted by Crippen LogP contribution is -2.55. The number of hydrogen-bond acceptors (Lipinski definition) is 7. The van der Waals surface area contributed by atoms with Gasteiger partial charge >= 0.3 is 11.9 Å². The molecular weight excluding hydrogens is 787 g/mol. The predicted molar refractivity (Wildman–Crippen MR) is 263 cm³/mol. The van der Waals surface area contributed by atoms with Crippen molar-refractivity contribution in [3.05, 3.63) is 97.2 Å². The van der Waals surface area contributed by atoms with Crippen LogP contribution < -0.4 is 5.11 Å². The molecule has 0 N–H and O–H groups in total. The van der Waals surface area contributed by atoms with Crippen molar-refractivity contribution in [1.29, 1.82) is 0 Å². The van der Waals surface area contributed by atoms with E-state index in [9.17, 15) is 19.5 Å². The Kier molecular flexibility index (Phi) is 42.2. The molecule has 8 nitrogen and oxygen atoms in total. The third kappa shape index (κ3) is 43.3. The lowest BCUT2D eigenvalue weighted by Gasteiger charge is -2.34. The molecule has 0 saturated carbocycles. The number of carboxylic acids is 1. The fraction of sp³-hybridized carbons (Fsp3) is 0.655. The minimum absolute atomic E-state index is 0.0114. The number of carbonyl (C=O) groups is 3. The van der Waals surface area contributed by atoms with Crippen LogP contribution in [0.5, 0.6) is 0 Å². The maximum Gasteiger partial charge on any atom is 0.306 e. The highest BCUT2D eigenvalue weighted by atomic mass is 16.6. The number of hydrogen-bond donors (Lipinski definition) is 0. The first-order valence-electron chi connectivity index (χ1n) is 24.8. The van der Waals surface area contributed by atoms with Gasteiger partial charge in [0.05, 0.1) is 40.3 Å². The Hall–Kier alpha value is -3.75. The molecule has 0 aliphatic carbocycles. The average Bonchev–Trinajstić information content (AvgIpc) is 3.24. The monoisotopic (exact) mass is 878 g/mol. The molecule has 0 fully saturated rings. The highest BCUT2D eigenvalue weighted by Gasteiger charge is 2.25. The molecule has 0 amide bonds. The van der Waals surface area contributed by atoms with Gasteiger partial charge in [-0.3, -0.25) is 9.59 Å². The van der Waals surface area contributed by atoms with Gasteiger partial charge in [0.1, 0.15) is 12.6 Å². The van der Waals surface area contributed by atoms with Crippen LogP contribution in [0.4, 0.5) is 0 Å². The zero-order valence-electron chi connectivity index (χ0n) is 40.7. The van der Waals surface area contributed by atoms with E-state index in [0.717, 1.165) is 77.0 Å². The largest absolute Gasteiger partial charge is 0.544 e. The van der Waals surface area contributed by atoms with E-state index in [1.165, 1.54) is 64.2 Å². The molecule has 63 heavy (non-hydrogen) atoms. The molecule has 358 valence electrons. The van der Waals surface area contributed by atoms with E-state index >= 15 is 0 Å². The second-order valence-corrected chi connectivity index (χ2v) is 17.3. The van der Waals surface area contributed by atoms with Crippen molar-refractivity contribution in [2.24, 2.45) is 0 Å². The Morgan fingerprint density at radius 2 is 0.905 bits per heavy atom. The van der Waals surface area contributed by atoms with Crippen molar-refractivity contribution in [3.63, 3.8) is 0 Å². The van der Waals surface area contributed by atoms with Crippen LogP contribution in [0.15, 0.2) is 97.2 Å². The van der Waals surface area contributed by atoms with Gasteiger partial charge < -0.3 is 28.6 Å². The van der Waals surface area contributed by atoms with Crippen LogP contribution in [-0.2, 0) is 28.6 Å². The van der Waals surface area contributed by atoms with Crippen LogP contribution in [0, 0.1) is 0 Å². The average molecular weight is 878 g/mol. The highest BCUT2D eigenvalue weighted by molar-refractivity contribution is 5.70. The molecule has 0 spiro atoms. The van der Waals surface area contributed by atoms with Gasteiger partial charge in [-0.15, -0.1) is 0 Å². The molecule has 0 radical (unpaired) electrons. The molecule has 2 unspecified atom stereocenters. The zero-order valence-corrected chi connectivity index (χ0v) is 40.7. The molecular formula is C55H91NO7. The number of esters is 2. The Labute approximate surface area is 386 Å². The standard InChI is InChI=1S/C55H91NO7/c1-6-8-10-12-14-16-18-20-22-24-25-26-27-28-30-31-33-35-37-39-41-43-45-53(57)62-50-51(49-61-48-47-52(55(59)60)56(3,4)5)63-54(58)46-44-42-40-38-36-34-32-29-23-21-19-17-15-13-11-9-7-2/h8,10,14-17,20-23,25-26,32,34,38,40,51-52H,6-7,9,11-13,18-19,24,27-31,33,35-37,39,41-50H2,1-5H3/b10-8+,16-14+,17-15+,22-20+,23-21+,26-25+,34-32+,40-38+. The summed E-state index contributed by atoms with van der Waals surface area (Å²) in [6.07, 6.45) is 60.1. The van der Waals surface area contributed by atoms with E-state index in [-0.39, 0.29) is 49.1 Å². The molecule has 0 aliphatic heterocycles. The lowest BCUT2D eigenvalue weighted by atomic mass is 10.1. The van der Waals surface area contributed by atoms with Gasteiger partial charge in [0, 0.05) is 19.3 Å². The number of carboxylic acid groups (broad SMARTS) is 1. The number of allylic oxidation sites excluding steroid dienone is 16. The first-order valence-corrected chi connectivity index (χ1v) is 24.8. The van der Waals surface area contributed by atoms with Crippen molar-refractivity contribution in [3.8, 4) is 0 Å². The van der Waals surface area contributed by atoms with Crippen LogP contribution in [0.1, 0.15) is 181 Å². The molecule has 8 heteroatoms. The Morgan fingerprint density at radius 1 is 0.492 bits per heavy atom. The van der Waals surface area contributed by atoms with Crippen LogP contribution in [0.25, 0.3) is 0 Å². The van der Waals surface area contributed by atoms with Crippen molar-refractivity contribution < 1.29 is 38.2 Å². The summed E-state index contributed by atoms with van der Waals surface area (Å²) >= 11 is 0. The Balaban J connectivity index is 4.36. The molecule has 2 atom stereocenters. The van der Waals surface area contributed by atoms with Crippen LogP contribution in [-0.4, -0.2) is 75.5 Å². The van der Waals surface area contributed by atoms with Gasteiger partial charge in [-0.1, -0.05) is 169 Å². The number of unbranched alkanes of at least 4 members (excludes halogenated alkanes) is 13.